The summed E-state index contributed by atoms with van der Waals surface area (Å²) in [6.07, 6.45) is -1.32. The minimum atomic E-state index is -1.42. The van der Waals surface area contributed by atoms with Crippen LogP contribution in [-0.4, -0.2) is 87.0 Å². The van der Waals surface area contributed by atoms with Gasteiger partial charge in [-0.1, -0.05) is 19.0 Å². The highest BCUT2D eigenvalue weighted by molar-refractivity contribution is 7.16. The average Bonchev–Trinajstić information content (AvgIpc) is 3.61. The predicted molar refractivity (Wildman–Crippen MR) is 151 cm³/mol. The molecule has 0 fully saturated rings. The molecule has 0 saturated heterocycles. The van der Waals surface area contributed by atoms with Crippen LogP contribution in [-0.2, 0) is 20.9 Å². The fourth-order valence-electron chi connectivity index (χ4n) is 4.33. The molecule has 14 nitrogen and oxygen atoms in total. The van der Waals surface area contributed by atoms with Gasteiger partial charge in [-0.2, -0.15) is 0 Å². The van der Waals surface area contributed by atoms with Gasteiger partial charge in [0, 0.05) is 24.7 Å². The average molecular weight is 600 g/mol. The molecule has 5 amide bonds. The number of aliphatic hydroxyl groups is 1. The van der Waals surface area contributed by atoms with Crippen LogP contribution in [0.25, 0.3) is 10.2 Å². The largest absolute Gasteiger partial charge is 0.391 e. The molecule has 0 aliphatic carbocycles. The van der Waals surface area contributed by atoms with Gasteiger partial charge in [0.25, 0.3) is 11.8 Å². The van der Waals surface area contributed by atoms with Crippen LogP contribution in [0.15, 0.2) is 34.3 Å². The van der Waals surface area contributed by atoms with E-state index in [4.69, 9.17) is 4.52 Å². The number of aromatic nitrogens is 2. The first kappa shape index (κ1) is 30.6. The van der Waals surface area contributed by atoms with Crippen LogP contribution in [0.4, 0.5) is 0 Å². The Hall–Kier alpha value is -4.37. The molecule has 0 spiro atoms. The van der Waals surface area contributed by atoms with Crippen molar-refractivity contribution in [1.82, 2.24) is 36.3 Å². The Kier molecular flexibility index (Phi) is 9.52. The van der Waals surface area contributed by atoms with E-state index in [9.17, 15) is 29.1 Å². The number of aliphatic hydroxyl groups excluding tert-OH is 1. The fraction of sp³-hybridized carbons (Fsp3) is 0.444. The quantitative estimate of drug-likeness (QED) is 0.279. The molecule has 3 aromatic rings. The number of benzene rings is 1. The Bertz CT molecular complexity index is 1480. The summed E-state index contributed by atoms with van der Waals surface area (Å²) in [4.78, 5) is 71.0. The lowest BCUT2D eigenvalue weighted by Crippen LogP contribution is -2.58. The molecule has 42 heavy (non-hydrogen) atoms. The molecule has 4 atom stereocenters. The van der Waals surface area contributed by atoms with Gasteiger partial charge in [0.15, 0.2) is 11.5 Å². The number of carbonyl (C=O) groups excluding carboxylic acids is 5. The maximum absolute atomic E-state index is 13.6. The number of amides is 5. The van der Waals surface area contributed by atoms with Crippen molar-refractivity contribution in [2.45, 2.75) is 58.5 Å². The number of hydrogen-bond donors (Lipinski definition) is 5. The van der Waals surface area contributed by atoms with Gasteiger partial charge < -0.3 is 35.8 Å². The van der Waals surface area contributed by atoms with E-state index in [1.165, 1.54) is 36.2 Å². The normalized spacial score (nSPS) is 22.0. The Labute approximate surface area is 245 Å². The lowest BCUT2D eigenvalue weighted by atomic mass is 10.0. The molecule has 0 saturated carbocycles. The van der Waals surface area contributed by atoms with E-state index in [-0.39, 0.29) is 42.9 Å². The SMILES string of the molecule is CC(C)[C@@H]1NC(=O)[C@H](C)NC(=O)[C@H]([C@@H](C)O)NC(=O)c2cc(on2)CN(C(=O)c2ccc3scnc3c2)CCNC1=O. The molecule has 2 bridgehead atoms. The van der Waals surface area contributed by atoms with E-state index in [0.717, 1.165) is 4.70 Å². The van der Waals surface area contributed by atoms with Crippen LogP contribution < -0.4 is 21.3 Å². The lowest BCUT2D eigenvalue weighted by Gasteiger charge is -2.26. The van der Waals surface area contributed by atoms with Crippen LogP contribution in [0.2, 0.25) is 0 Å². The third-order valence-electron chi connectivity index (χ3n) is 6.73. The van der Waals surface area contributed by atoms with E-state index in [1.807, 2.05) is 0 Å². The first-order chi connectivity index (χ1) is 19.9. The second kappa shape index (κ2) is 13.1. The van der Waals surface area contributed by atoms with Gasteiger partial charge >= 0.3 is 0 Å². The summed E-state index contributed by atoms with van der Waals surface area (Å²) in [5.74, 6) is -3.22. The minimum absolute atomic E-state index is 0.0481. The molecular weight excluding hydrogens is 566 g/mol. The first-order valence-electron chi connectivity index (χ1n) is 13.4. The Balaban J connectivity index is 1.65. The number of thiazole rings is 1. The summed E-state index contributed by atoms with van der Waals surface area (Å²) in [6, 6.07) is 3.02. The van der Waals surface area contributed by atoms with Crippen molar-refractivity contribution in [2.24, 2.45) is 5.92 Å². The smallest absolute Gasteiger partial charge is 0.274 e. The molecule has 0 radical (unpaired) electrons. The van der Waals surface area contributed by atoms with E-state index in [1.54, 1.807) is 37.6 Å². The zero-order valence-corrected chi connectivity index (χ0v) is 24.4. The molecule has 1 aliphatic heterocycles. The van der Waals surface area contributed by atoms with Crippen LogP contribution in [0.5, 0.6) is 0 Å². The van der Waals surface area contributed by atoms with Crippen molar-refractivity contribution in [3.63, 3.8) is 0 Å². The molecule has 3 heterocycles. The molecule has 1 aromatic carbocycles. The highest BCUT2D eigenvalue weighted by atomic mass is 32.1. The number of carbonyl (C=O) groups is 5. The van der Waals surface area contributed by atoms with Crippen molar-refractivity contribution in [2.75, 3.05) is 13.1 Å². The van der Waals surface area contributed by atoms with E-state index in [0.29, 0.717) is 11.1 Å². The maximum atomic E-state index is 13.6. The Morgan fingerprint density at radius 2 is 1.81 bits per heavy atom. The standard InChI is InChI=1S/C27H33N7O7S/c1-13(2)21-25(38)28-7-8-34(27(40)16-5-6-20-18(9-16)29-12-42-20)11-17-10-19(33-41-17)24(37)32-22(15(4)35)26(39)30-14(3)23(36)31-21/h5-6,9-10,12-15,21-22,35H,7-8,11H2,1-4H3,(H,28,38)(H,30,39)(H,31,36)(H,32,37)/t14-,15+,21-,22-/m0/s1. The minimum Gasteiger partial charge on any atom is -0.391 e. The highest BCUT2D eigenvalue weighted by Gasteiger charge is 2.32. The maximum Gasteiger partial charge on any atom is 0.274 e. The van der Waals surface area contributed by atoms with Gasteiger partial charge in [-0.25, -0.2) is 4.98 Å². The molecule has 2 aromatic heterocycles. The number of rotatable bonds is 3. The van der Waals surface area contributed by atoms with E-state index in [2.05, 4.69) is 31.4 Å². The van der Waals surface area contributed by atoms with Crippen LogP contribution >= 0.6 is 11.3 Å². The molecule has 4 rings (SSSR count). The van der Waals surface area contributed by atoms with Crippen LogP contribution in [0, 0.1) is 5.92 Å². The van der Waals surface area contributed by atoms with Gasteiger partial charge in [0.05, 0.1) is 28.4 Å². The molecule has 0 unspecified atom stereocenters. The van der Waals surface area contributed by atoms with Crippen LogP contribution in [0.3, 0.4) is 0 Å². The van der Waals surface area contributed by atoms with Gasteiger partial charge in [-0.15, -0.1) is 11.3 Å². The third kappa shape index (κ3) is 7.09. The van der Waals surface area contributed by atoms with Crippen LogP contribution in [0.1, 0.15) is 54.3 Å². The molecule has 15 heteroatoms. The lowest BCUT2D eigenvalue weighted by molar-refractivity contribution is -0.133. The van der Waals surface area contributed by atoms with E-state index >= 15 is 0 Å². The summed E-state index contributed by atoms with van der Waals surface area (Å²) in [5, 5.41) is 24.2. The molecular formula is C27H33N7O7S. The van der Waals surface area contributed by atoms with Crippen molar-refractivity contribution < 1.29 is 33.6 Å². The zero-order valence-electron chi connectivity index (χ0n) is 23.5. The second-order valence-corrected chi connectivity index (χ2v) is 11.3. The molecule has 1 aliphatic rings. The zero-order chi connectivity index (χ0) is 30.6. The van der Waals surface area contributed by atoms with Gasteiger partial charge in [0.2, 0.25) is 17.7 Å². The summed E-state index contributed by atoms with van der Waals surface area (Å²) >= 11 is 1.45. The fourth-order valence-corrected chi connectivity index (χ4v) is 4.99. The Morgan fingerprint density at radius 3 is 2.52 bits per heavy atom. The van der Waals surface area contributed by atoms with Gasteiger partial charge in [0.1, 0.15) is 18.1 Å². The van der Waals surface area contributed by atoms with Gasteiger partial charge in [-0.3, -0.25) is 24.0 Å². The predicted octanol–water partition coefficient (Wildman–Crippen LogP) is 0.181. The second-order valence-electron chi connectivity index (χ2n) is 10.4. The number of fused-ring (bicyclic) bond motifs is 3. The highest BCUT2D eigenvalue weighted by Crippen LogP contribution is 2.20. The third-order valence-corrected chi connectivity index (χ3v) is 7.54. The molecule has 5 N–H and O–H groups in total. The summed E-state index contributed by atoms with van der Waals surface area (Å²) in [5.41, 5.74) is 2.54. The number of nitrogens with zero attached hydrogens (tertiary/aromatic N) is 3. The van der Waals surface area contributed by atoms with E-state index < -0.39 is 47.9 Å². The Morgan fingerprint density at radius 1 is 1.05 bits per heavy atom. The topological polar surface area (TPSA) is 196 Å². The van der Waals surface area contributed by atoms with Crippen molar-refractivity contribution >= 4 is 51.1 Å². The first-order valence-corrected chi connectivity index (χ1v) is 14.3. The molecule has 224 valence electrons. The number of nitrogens with one attached hydrogen (secondary N) is 4. The summed E-state index contributed by atoms with van der Waals surface area (Å²) in [7, 11) is 0. The van der Waals surface area contributed by atoms with Gasteiger partial charge in [-0.05, 0) is 38.0 Å². The number of hydrogen-bond acceptors (Lipinski definition) is 10. The van der Waals surface area contributed by atoms with Crippen molar-refractivity contribution in [3.05, 3.63) is 46.8 Å². The monoisotopic (exact) mass is 599 g/mol. The summed E-state index contributed by atoms with van der Waals surface area (Å²) < 4.78 is 6.25. The van der Waals surface area contributed by atoms with Crippen molar-refractivity contribution in [1.29, 1.82) is 0 Å². The van der Waals surface area contributed by atoms with Crippen molar-refractivity contribution in [3.8, 4) is 0 Å². The summed E-state index contributed by atoms with van der Waals surface area (Å²) in [6.45, 7) is 6.25.